The lowest BCUT2D eigenvalue weighted by Gasteiger charge is -2.21. The van der Waals surface area contributed by atoms with Gasteiger partial charge in [-0.05, 0) is 78.4 Å². The van der Waals surface area contributed by atoms with E-state index in [-0.39, 0.29) is 23.7 Å². The van der Waals surface area contributed by atoms with Crippen LogP contribution in [0.15, 0.2) is 99.3 Å². The molecular weight excluding hydrogens is 591 g/mol. The summed E-state index contributed by atoms with van der Waals surface area (Å²) in [5, 5.41) is 7.13. The summed E-state index contributed by atoms with van der Waals surface area (Å²) in [4.78, 5) is 24.3. The fraction of sp³-hybridized carbons (Fsp3) is 0.107. The van der Waals surface area contributed by atoms with Crippen LogP contribution in [0.25, 0.3) is 0 Å². The maximum atomic E-state index is 13.5. The van der Waals surface area contributed by atoms with Crippen LogP contribution in [0.3, 0.4) is 0 Å². The molecule has 0 aliphatic rings. The monoisotopic (exact) mass is 614 g/mol. The van der Waals surface area contributed by atoms with Gasteiger partial charge >= 0.3 is 11.8 Å². The number of carbonyl (C=O) groups is 2. The zero-order valence-corrected chi connectivity index (χ0v) is 23.9. The number of hydrazone groups is 1. The molecule has 41 heavy (non-hydrogen) atoms. The smallest absolute Gasteiger partial charge is 0.329 e. The number of hydrogen-bond acceptors (Lipinski definition) is 7. The molecule has 4 aromatic rings. The molecule has 212 valence electrons. The predicted molar refractivity (Wildman–Crippen MR) is 155 cm³/mol. The minimum Gasteiger partial charge on any atom is -0.497 e. The Kier molecular flexibility index (Phi) is 9.79. The van der Waals surface area contributed by atoms with Crippen LogP contribution in [-0.2, 0) is 32.7 Å². The largest absolute Gasteiger partial charge is 0.497 e. The zero-order valence-electron chi connectivity index (χ0n) is 21.6. The Balaban J connectivity index is 1.42. The highest BCUT2D eigenvalue weighted by atomic mass is 35.5. The van der Waals surface area contributed by atoms with E-state index in [9.17, 15) is 18.0 Å². The number of carbonyl (C=O) groups excluding carboxylic acids is 2. The van der Waals surface area contributed by atoms with E-state index in [1.807, 2.05) is 0 Å². The van der Waals surface area contributed by atoms with Crippen LogP contribution < -0.4 is 15.5 Å². The number of rotatable bonds is 10. The van der Waals surface area contributed by atoms with Gasteiger partial charge in [-0.15, -0.1) is 0 Å². The third-order valence-corrected chi connectivity index (χ3v) is 7.96. The second-order valence-corrected chi connectivity index (χ2v) is 11.4. The summed E-state index contributed by atoms with van der Waals surface area (Å²) in [6.07, 6.45) is 1.19. The number of amides is 2. The van der Waals surface area contributed by atoms with Crippen LogP contribution in [0.5, 0.6) is 5.75 Å². The first-order chi connectivity index (χ1) is 19.6. The van der Waals surface area contributed by atoms with E-state index in [2.05, 4.69) is 15.8 Å². The number of nitrogens with zero attached hydrogens (tertiary/aromatic N) is 2. The van der Waals surface area contributed by atoms with Crippen molar-refractivity contribution in [3.8, 4) is 5.75 Å². The lowest BCUT2D eigenvalue weighted by atomic mass is 10.2. The Hall–Kier alpha value is -4.16. The number of anilines is 1. The van der Waals surface area contributed by atoms with Gasteiger partial charge in [0.2, 0.25) is 10.0 Å². The van der Waals surface area contributed by atoms with Crippen LogP contribution in [0.2, 0.25) is 10.0 Å². The lowest BCUT2D eigenvalue weighted by Crippen LogP contribution is -2.32. The molecule has 2 amide bonds. The lowest BCUT2D eigenvalue weighted by molar-refractivity contribution is -0.136. The van der Waals surface area contributed by atoms with Crippen LogP contribution in [0.1, 0.15) is 17.1 Å². The van der Waals surface area contributed by atoms with Crippen molar-refractivity contribution in [3.63, 3.8) is 0 Å². The van der Waals surface area contributed by atoms with Crippen LogP contribution in [-0.4, -0.2) is 37.9 Å². The molecule has 1 heterocycles. The molecule has 0 aliphatic heterocycles. The predicted octanol–water partition coefficient (Wildman–Crippen LogP) is 5.07. The summed E-state index contributed by atoms with van der Waals surface area (Å²) in [7, 11) is -2.43. The summed E-state index contributed by atoms with van der Waals surface area (Å²) in [5.74, 6) is -0.761. The zero-order chi connectivity index (χ0) is 29.4. The van der Waals surface area contributed by atoms with Gasteiger partial charge in [0.05, 0.1) is 24.8 Å². The first kappa shape index (κ1) is 29.8. The fourth-order valence-corrected chi connectivity index (χ4v) is 5.21. The van der Waals surface area contributed by atoms with Crippen LogP contribution >= 0.6 is 23.2 Å². The molecule has 3 aromatic carbocycles. The Morgan fingerprint density at radius 2 is 1.51 bits per heavy atom. The number of nitrogens with one attached hydrogen (secondary N) is 2. The van der Waals surface area contributed by atoms with Crippen molar-refractivity contribution >= 4 is 56.9 Å². The molecule has 4 rings (SSSR count). The third-order valence-electron chi connectivity index (χ3n) is 5.65. The summed E-state index contributed by atoms with van der Waals surface area (Å²) in [5.41, 5.74) is 3.24. The van der Waals surface area contributed by atoms with Crippen molar-refractivity contribution < 1.29 is 27.2 Å². The number of furan rings is 1. The van der Waals surface area contributed by atoms with E-state index in [1.165, 1.54) is 41.9 Å². The Morgan fingerprint density at radius 1 is 0.878 bits per heavy atom. The first-order valence-corrected chi connectivity index (χ1v) is 14.2. The standard InChI is InChI=1S/C28H24Cl2N4O6S/c1-39-23-10-8-22(9-11-23)32-27(35)28(36)33-31-16-24-12-13-25(40-24)18-34(17-19-2-4-20(29)5-3-19)41(37,38)26-14-6-21(30)7-15-26/h2-16H,17-18H2,1H3,(H,32,35)(H,33,36)/b31-16+. The second-order valence-electron chi connectivity index (χ2n) is 8.54. The number of hydrogen-bond donors (Lipinski definition) is 2. The molecule has 0 unspecified atom stereocenters. The van der Waals surface area contributed by atoms with E-state index in [0.29, 0.717) is 27.2 Å². The maximum Gasteiger partial charge on any atom is 0.329 e. The van der Waals surface area contributed by atoms with E-state index in [4.69, 9.17) is 32.4 Å². The molecule has 0 saturated heterocycles. The fourth-order valence-electron chi connectivity index (χ4n) is 3.57. The average Bonchev–Trinajstić information content (AvgIpc) is 3.41. The van der Waals surface area contributed by atoms with Crippen molar-refractivity contribution in [2.45, 2.75) is 18.0 Å². The molecule has 2 N–H and O–H groups in total. The van der Waals surface area contributed by atoms with Crippen molar-refractivity contribution in [2.24, 2.45) is 5.10 Å². The molecule has 10 nitrogen and oxygen atoms in total. The van der Waals surface area contributed by atoms with Crippen molar-refractivity contribution in [3.05, 3.63) is 112 Å². The van der Waals surface area contributed by atoms with Gasteiger partial charge < -0.3 is 14.5 Å². The molecule has 0 aliphatic carbocycles. The Bertz CT molecular complexity index is 1640. The number of methoxy groups -OCH3 is 1. The highest BCUT2D eigenvalue weighted by molar-refractivity contribution is 7.89. The molecule has 0 spiro atoms. The first-order valence-electron chi connectivity index (χ1n) is 12.0. The van der Waals surface area contributed by atoms with Gasteiger partial charge in [-0.25, -0.2) is 13.8 Å². The molecule has 1 aromatic heterocycles. The molecule has 0 bridgehead atoms. The SMILES string of the molecule is COc1ccc(NC(=O)C(=O)N/N=C/c2ccc(CN(Cc3ccc(Cl)cc3)S(=O)(=O)c3ccc(Cl)cc3)o2)cc1. The van der Waals surface area contributed by atoms with Gasteiger partial charge in [-0.3, -0.25) is 9.59 Å². The summed E-state index contributed by atoms with van der Waals surface area (Å²) >= 11 is 11.9. The van der Waals surface area contributed by atoms with E-state index in [1.54, 1.807) is 60.7 Å². The van der Waals surface area contributed by atoms with Crippen LogP contribution in [0.4, 0.5) is 5.69 Å². The molecular formula is C28H24Cl2N4O6S. The summed E-state index contributed by atoms with van der Waals surface area (Å²) in [6.45, 7) is -0.0519. The quantitative estimate of drug-likeness (QED) is 0.146. The number of halogens is 2. The normalized spacial score (nSPS) is 11.5. The minimum atomic E-state index is -3.94. The van der Waals surface area contributed by atoms with E-state index < -0.39 is 21.8 Å². The Morgan fingerprint density at radius 3 is 2.15 bits per heavy atom. The van der Waals surface area contributed by atoms with E-state index >= 15 is 0 Å². The number of benzene rings is 3. The molecule has 0 fully saturated rings. The van der Waals surface area contributed by atoms with Crippen LogP contribution in [0, 0.1) is 0 Å². The maximum absolute atomic E-state index is 13.5. The van der Waals surface area contributed by atoms with Crippen molar-refractivity contribution in [1.82, 2.24) is 9.73 Å². The Labute approximate surface area is 246 Å². The van der Waals surface area contributed by atoms with Crippen molar-refractivity contribution in [2.75, 3.05) is 12.4 Å². The molecule has 0 radical (unpaired) electrons. The van der Waals surface area contributed by atoms with Gasteiger partial charge in [-0.1, -0.05) is 35.3 Å². The summed E-state index contributed by atoms with van der Waals surface area (Å²) < 4.78 is 39.0. The number of ether oxygens (including phenoxy) is 1. The van der Waals surface area contributed by atoms with Gasteiger partial charge in [0.15, 0.2) is 0 Å². The number of sulfonamides is 1. The highest BCUT2D eigenvalue weighted by Crippen LogP contribution is 2.24. The molecule has 0 atom stereocenters. The highest BCUT2D eigenvalue weighted by Gasteiger charge is 2.26. The van der Waals surface area contributed by atoms with Gasteiger partial charge in [0.1, 0.15) is 17.3 Å². The van der Waals surface area contributed by atoms with Gasteiger partial charge in [0, 0.05) is 22.3 Å². The minimum absolute atomic E-state index is 0.0472. The van der Waals surface area contributed by atoms with Gasteiger partial charge in [0.25, 0.3) is 0 Å². The molecule has 0 saturated carbocycles. The third kappa shape index (κ3) is 8.18. The summed E-state index contributed by atoms with van der Waals surface area (Å²) in [6, 6.07) is 22.3. The molecule has 13 heteroatoms. The second kappa shape index (κ2) is 13.5. The van der Waals surface area contributed by atoms with Gasteiger partial charge in [-0.2, -0.15) is 9.41 Å². The average molecular weight is 615 g/mol. The topological polar surface area (TPSA) is 130 Å². The van der Waals surface area contributed by atoms with E-state index in [0.717, 1.165) is 5.56 Å². The van der Waals surface area contributed by atoms with Crippen molar-refractivity contribution in [1.29, 1.82) is 0 Å².